The number of nitrogens with one attached hydrogen (secondary N) is 1. The summed E-state index contributed by atoms with van der Waals surface area (Å²) in [5.41, 5.74) is 2.07. The van der Waals surface area contributed by atoms with Crippen molar-refractivity contribution in [1.82, 2.24) is 4.72 Å². The monoisotopic (exact) mass is 338 g/mol. The summed E-state index contributed by atoms with van der Waals surface area (Å²) in [5.74, 6) is -8.91. The van der Waals surface area contributed by atoms with Crippen LogP contribution in [0.3, 0.4) is 0 Å². The lowest BCUT2D eigenvalue weighted by atomic mass is 10.1. The Morgan fingerprint density at radius 3 is 2.27 bits per heavy atom. The lowest BCUT2D eigenvalue weighted by molar-refractivity contribution is 0.0488. The molecule has 1 rings (SSSR count). The van der Waals surface area contributed by atoms with Crippen LogP contribution in [-0.2, 0) is 4.74 Å². The molecule has 0 fully saturated rings. The number of esters is 1. The van der Waals surface area contributed by atoms with Crippen LogP contribution in [0.1, 0.15) is 23.7 Å². The quantitative estimate of drug-likeness (QED) is 0.200. The normalized spacial score (nSPS) is 10.6. The van der Waals surface area contributed by atoms with Gasteiger partial charge in [0.05, 0.1) is 6.61 Å². The molecule has 122 valence electrons. The van der Waals surface area contributed by atoms with E-state index in [1.54, 1.807) is 6.92 Å². The van der Waals surface area contributed by atoms with Crippen LogP contribution in [0.4, 0.5) is 23.2 Å². The van der Waals surface area contributed by atoms with Crippen molar-refractivity contribution in [3.63, 3.8) is 0 Å². The SMILES string of the molecule is C=C(C)SNCCCOC(=O)c1c(F)c(F)c(N)c(F)c1F. The van der Waals surface area contributed by atoms with Gasteiger partial charge in [-0.3, -0.25) is 4.72 Å². The molecule has 22 heavy (non-hydrogen) atoms. The third-order valence-corrected chi connectivity index (χ3v) is 3.10. The van der Waals surface area contributed by atoms with Crippen LogP contribution in [0.5, 0.6) is 0 Å². The Balaban J connectivity index is 2.65. The van der Waals surface area contributed by atoms with Gasteiger partial charge in [-0.1, -0.05) is 18.5 Å². The molecule has 0 amide bonds. The smallest absolute Gasteiger partial charge is 0.344 e. The number of anilines is 1. The average molecular weight is 338 g/mol. The van der Waals surface area contributed by atoms with Crippen molar-refractivity contribution in [3.05, 3.63) is 40.3 Å². The molecular formula is C13H14F4N2O2S. The number of hydrogen-bond acceptors (Lipinski definition) is 5. The van der Waals surface area contributed by atoms with E-state index in [4.69, 9.17) is 5.73 Å². The maximum atomic E-state index is 13.5. The first-order valence-electron chi connectivity index (χ1n) is 6.11. The van der Waals surface area contributed by atoms with E-state index >= 15 is 0 Å². The lowest BCUT2D eigenvalue weighted by Crippen LogP contribution is -2.17. The lowest BCUT2D eigenvalue weighted by Gasteiger charge is -2.09. The first-order chi connectivity index (χ1) is 10.3. The number of nitrogen functional groups attached to an aromatic ring is 1. The second kappa shape index (κ2) is 8.04. The van der Waals surface area contributed by atoms with E-state index in [0.717, 1.165) is 4.91 Å². The summed E-state index contributed by atoms with van der Waals surface area (Å²) in [7, 11) is 0. The van der Waals surface area contributed by atoms with Crippen LogP contribution in [-0.4, -0.2) is 19.1 Å². The van der Waals surface area contributed by atoms with Gasteiger partial charge in [0, 0.05) is 6.54 Å². The van der Waals surface area contributed by atoms with Crippen LogP contribution in [0, 0.1) is 23.3 Å². The zero-order valence-electron chi connectivity index (χ0n) is 11.6. The van der Waals surface area contributed by atoms with E-state index in [1.807, 2.05) is 0 Å². The maximum absolute atomic E-state index is 13.5. The molecule has 0 heterocycles. The number of hydrogen-bond donors (Lipinski definition) is 2. The second-order valence-corrected chi connectivity index (χ2v) is 5.42. The molecule has 0 atom stereocenters. The van der Waals surface area contributed by atoms with Gasteiger partial charge < -0.3 is 10.5 Å². The van der Waals surface area contributed by atoms with E-state index in [-0.39, 0.29) is 6.61 Å². The van der Waals surface area contributed by atoms with Gasteiger partial charge in [0.2, 0.25) is 0 Å². The highest BCUT2D eigenvalue weighted by molar-refractivity contribution is 8.01. The number of carbonyl (C=O) groups excluding carboxylic acids is 1. The van der Waals surface area contributed by atoms with Gasteiger partial charge in [-0.15, -0.1) is 0 Å². The molecule has 9 heteroatoms. The molecule has 0 aliphatic carbocycles. The third-order valence-electron chi connectivity index (χ3n) is 2.40. The summed E-state index contributed by atoms with van der Waals surface area (Å²) in [6.45, 7) is 5.66. The fourth-order valence-corrected chi connectivity index (χ4v) is 1.88. The van der Waals surface area contributed by atoms with E-state index in [2.05, 4.69) is 16.0 Å². The van der Waals surface area contributed by atoms with Gasteiger partial charge in [-0.05, 0) is 18.2 Å². The van der Waals surface area contributed by atoms with Crippen LogP contribution in [0.25, 0.3) is 0 Å². The van der Waals surface area contributed by atoms with Crippen LogP contribution < -0.4 is 10.5 Å². The summed E-state index contributed by atoms with van der Waals surface area (Å²) in [6, 6.07) is 0. The zero-order valence-corrected chi connectivity index (χ0v) is 12.5. The van der Waals surface area contributed by atoms with Crippen LogP contribution in [0.15, 0.2) is 11.5 Å². The number of nitrogens with two attached hydrogens (primary N) is 1. The maximum Gasteiger partial charge on any atom is 0.344 e. The Morgan fingerprint density at radius 2 is 1.77 bits per heavy atom. The van der Waals surface area contributed by atoms with Crippen molar-refractivity contribution in [2.75, 3.05) is 18.9 Å². The molecule has 0 bridgehead atoms. The molecule has 3 N–H and O–H groups in total. The molecule has 0 radical (unpaired) electrons. The van der Waals surface area contributed by atoms with Crippen molar-refractivity contribution in [1.29, 1.82) is 0 Å². The zero-order chi connectivity index (χ0) is 16.9. The summed E-state index contributed by atoms with van der Waals surface area (Å²) >= 11 is 1.28. The van der Waals surface area contributed by atoms with E-state index < -0.39 is 40.5 Å². The molecule has 0 saturated carbocycles. The molecule has 0 saturated heterocycles. The summed E-state index contributed by atoms with van der Waals surface area (Å²) in [4.78, 5) is 12.4. The number of carbonyl (C=O) groups is 1. The van der Waals surface area contributed by atoms with E-state index in [1.165, 1.54) is 11.9 Å². The predicted molar refractivity (Wildman–Crippen MR) is 76.0 cm³/mol. The Labute approximate surface area is 128 Å². The fraction of sp³-hybridized carbons (Fsp3) is 0.308. The molecular weight excluding hydrogens is 324 g/mol. The van der Waals surface area contributed by atoms with Gasteiger partial charge in [0.1, 0.15) is 11.3 Å². The summed E-state index contributed by atoms with van der Waals surface area (Å²) < 4.78 is 60.9. The first-order valence-corrected chi connectivity index (χ1v) is 6.92. The Hall–Kier alpha value is -1.74. The predicted octanol–water partition coefficient (Wildman–Crippen LogP) is 3.14. The minimum atomic E-state index is -1.88. The highest BCUT2D eigenvalue weighted by atomic mass is 32.2. The Kier molecular flexibility index (Phi) is 6.69. The van der Waals surface area contributed by atoms with Crippen molar-refractivity contribution in [3.8, 4) is 0 Å². The number of benzene rings is 1. The fourth-order valence-electron chi connectivity index (χ4n) is 1.38. The Bertz CT molecular complexity index is 567. The molecule has 0 aliphatic rings. The second-order valence-electron chi connectivity index (χ2n) is 4.23. The molecule has 0 aromatic heterocycles. The van der Waals surface area contributed by atoms with Gasteiger partial charge >= 0.3 is 5.97 Å². The van der Waals surface area contributed by atoms with Crippen molar-refractivity contribution >= 4 is 23.6 Å². The largest absolute Gasteiger partial charge is 0.462 e. The first kappa shape index (κ1) is 18.3. The number of rotatable bonds is 7. The van der Waals surface area contributed by atoms with Crippen LogP contribution >= 0.6 is 11.9 Å². The highest BCUT2D eigenvalue weighted by Gasteiger charge is 2.29. The topological polar surface area (TPSA) is 64.3 Å². The highest BCUT2D eigenvalue weighted by Crippen LogP contribution is 2.26. The minimum Gasteiger partial charge on any atom is -0.462 e. The molecule has 0 unspecified atom stereocenters. The third kappa shape index (κ3) is 4.38. The molecule has 0 spiro atoms. The number of halogens is 4. The van der Waals surface area contributed by atoms with Crippen molar-refractivity contribution < 1.29 is 27.1 Å². The van der Waals surface area contributed by atoms with Gasteiger partial charge in [0.25, 0.3) is 0 Å². The summed E-state index contributed by atoms with van der Waals surface area (Å²) in [6.07, 6.45) is 0.329. The van der Waals surface area contributed by atoms with E-state index in [9.17, 15) is 22.4 Å². The molecule has 1 aromatic carbocycles. The van der Waals surface area contributed by atoms with Gasteiger partial charge in [-0.2, -0.15) is 0 Å². The molecule has 0 aliphatic heterocycles. The summed E-state index contributed by atoms with van der Waals surface area (Å²) in [5, 5.41) is 0. The Morgan fingerprint density at radius 1 is 1.23 bits per heavy atom. The van der Waals surface area contributed by atoms with Gasteiger partial charge in [-0.25, -0.2) is 22.4 Å². The van der Waals surface area contributed by atoms with Crippen molar-refractivity contribution in [2.24, 2.45) is 0 Å². The van der Waals surface area contributed by atoms with E-state index in [0.29, 0.717) is 13.0 Å². The standard InChI is InChI=1S/C13H14F4N2O2S/c1-6(2)22-19-4-3-5-21-13(20)7-8(14)10(16)12(18)11(17)9(7)15/h19H,1,3-5,18H2,2H3. The molecule has 1 aromatic rings. The van der Waals surface area contributed by atoms with Crippen LogP contribution in [0.2, 0.25) is 0 Å². The molecule has 4 nitrogen and oxygen atoms in total. The van der Waals surface area contributed by atoms with Crippen molar-refractivity contribution in [2.45, 2.75) is 13.3 Å². The number of ether oxygens (including phenoxy) is 1. The minimum absolute atomic E-state index is 0.185. The number of allylic oxidation sites excluding steroid dienone is 1. The van der Waals surface area contributed by atoms with Gasteiger partial charge in [0.15, 0.2) is 23.3 Å². The average Bonchev–Trinajstić information content (AvgIpc) is 2.46.